The second kappa shape index (κ2) is 8.47. The summed E-state index contributed by atoms with van der Waals surface area (Å²) in [5.41, 5.74) is 0.808. The summed E-state index contributed by atoms with van der Waals surface area (Å²) in [6.07, 6.45) is 8.85. The fraction of sp³-hybridized carbons (Fsp3) is 0.450. The second-order valence-corrected chi connectivity index (χ2v) is 8.90. The lowest BCUT2D eigenvalue weighted by Crippen LogP contribution is -2.36. The number of hydrogen-bond donors (Lipinski definition) is 0. The normalized spacial score (nSPS) is 18.7. The molecule has 2 aromatic rings. The molecule has 0 N–H and O–H groups in total. The Labute approximate surface area is 176 Å². The van der Waals surface area contributed by atoms with Crippen LogP contribution in [0.3, 0.4) is 0 Å². The third-order valence-electron chi connectivity index (χ3n) is 5.62. The van der Waals surface area contributed by atoms with Crippen molar-refractivity contribution in [3.8, 4) is 11.5 Å². The van der Waals surface area contributed by atoms with Gasteiger partial charge in [-0.1, -0.05) is 0 Å². The molecular formula is C20H25N5O4S. The van der Waals surface area contributed by atoms with E-state index >= 15 is 0 Å². The lowest BCUT2D eigenvalue weighted by molar-refractivity contribution is 0.352. The molecule has 1 aromatic heterocycles. The van der Waals surface area contributed by atoms with E-state index in [1.807, 2.05) is 12.1 Å². The highest BCUT2D eigenvalue weighted by Crippen LogP contribution is 2.36. The number of anilines is 1. The molecule has 0 aliphatic carbocycles. The highest BCUT2D eigenvalue weighted by Gasteiger charge is 2.25. The molecule has 1 saturated heterocycles. The second-order valence-electron chi connectivity index (χ2n) is 7.33. The molecule has 1 fully saturated rings. The van der Waals surface area contributed by atoms with Gasteiger partial charge in [-0.2, -0.15) is 12.8 Å². The Morgan fingerprint density at radius 3 is 2.53 bits per heavy atom. The standard InChI is InChI=1S/C20H25N5O4S/c1-28-18-12-16-17(13-19(18)29-2)21-14-22-20(16)24-9-4-15(5-10-24)6-11-25-8-3-7-23-30(25,26)27/h3,7-8,12-15H,4-6,9-11H2,1-2H3. The maximum absolute atomic E-state index is 11.9. The summed E-state index contributed by atoms with van der Waals surface area (Å²) in [6.45, 7) is 2.16. The van der Waals surface area contributed by atoms with Crippen LogP contribution in [0.2, 0.25) is 0 Å². The third kappa shape index (κ3) is 4.04. The number of ether oxygens (including phenoxy) is 2. The maximum Gasteiger partial charge on any atom is 0.344 e. The van der Waals surface area contributed by atoms with Gasteiger partial charge in [-0.15, -0.1) is 0 Å². The number of allylic oxidation sites excluding steroid dienone is 1. The summed E-state index contributed by atoms with van der Waals surface area (Å²) >= 11 is 0. The number of methoxy groups -OCH3 is 2. The van der Waals surface area contributed by atoms with E-state index < -0.39 is 10.2 Å². The van der Waals surface area contributed by atoms with Crippen LogP contribution in [0.25, 0.3) is 10.9 Å². The van der Waals surface area contributed by atoms with Gasteiger partial charge in [-0.3, -0.25) is 4.31 Å². The zero-order chi connectivity index (χ0) is 21.1. The van der Waals surface area contributed by atoms with Gasteiger partial charge in [0.2, 0.25) is 0 Å². The Morgan fingerprint density at radius 1 is 1.10 bits per heavy atom. The van der Waals surface area contributed by atoms with Crippen molar-refractivity contribution in [1.29, 1.82) is 0 Å². The van der Waals surface area contributed by atoms with Crippen molar-refractivity contribution in [3.63, 3.8) is 0 Å². The molecule has 0 saturated carbocycles. The number of hydrogen-bond acceptors (Lipinski definition) is 7. The molecule has 10 heteroatoms. The monoisotopic (exact) mass is 431 g/mol. The minimum absolute atomic E-state index is 0.453. The molecule has 0 amide bonds. The third-order valence-corrected chi connectivity index (χ3v) is 6.91. The topological polar surface area (TPSA) is 97.2 Å². The summed E-state index contributed by atoms with van der Waals surface area (Å²) < 4.78 is 39.6. The van der Waals surface area contributed by atoms with Crippen molar-refractivity contribution in [2.75, 3.05) is 38.8 Å². The quantitative estimate of drug-likeness (QED) is 0.693. The number of piperidine rings is 1. The van der Waals surface area contributed by atoms with Gasteiger partial charge in [-0.05, 0) is 37.3 Å². The number of aromatic nitrogens is 2. The first-order valence-corrected chi connectivity index (χ1v) is 11.3. The smallest absolute Gasteiger partial charge is 0.344 e. The molecule has 3 heterocycles. The van der Waals surface area contributed by atoms with Crippen molar-refractivity contribution in [2.45, 2.75) is 19.3 Å². The summed E-state index contributed by atoms with van der Waals surface area (Å²) in [5, 5.41) is 0.927. The van der Waals surface area contributed by atoms with Crippen LogP contribution in [0.1, 0.15) is 19.3 Å². The number of benzene rings is 1. The summed E-state index contributed by atoms with van der Waals surface area (Å²) in [7, 11) is -0.331. The average molecular weight is 432 g/mol. The van der Waals surface area contributed by atoms with Gasteiger partial charge in [0.15, 0.2) is 11.5 Å². The predicted octanol–water partition coefficient (Wildman–Crippen LogP) is 2.40. The maximum atomic E-state index is 11.9. The Bertz CT molecular complexity index is 1080. The average Bonchev–Trinajstić information content (AvgIpc) is 2.77. The molecule has 160 valence electrons. The minimum Gasteiger partial charge on any atom is -0.493 e. The van der Waals surface area contributed by atoms with E-state index in [0.29, 0.717) is 24.0 Å². The molecule has 4 rings (SSSR count). The Hall–Kier alpha value is -2.88. The van der Waals surface area contributed by atoms with E-state index in [4.69, 9.17) is 9.47 Å². The van der Waals surface area contributed by atoms with Crippen LogP contribution in [0, 0.1) is 5.92 Å². The number of fused-ring (bicyclic) bond motifs is 1. The van der Waals surface area contributed by atoms with Crippen molar-refractivity contribution in [3.05, 3.63) is 30.7 Å². The molecule has 2 aliphatic rings. The van der Waals surface area contributed by atoms with Gasteiger partial charge in [0.25, 0.3) is 0 Å². The minimum atomic E-state index is -3.55. The van der Waals surface area contributed by atoms with Gasteiger partial charge < -0.3 is 14.4 Å². The van der Waals surface area contributed by atoms with E-state index in [0.717, 1.165) is 49.1 Å². The lowest BCUT2D eigenvalue weighted by atomic mass is 9.93. The lowest BCUT2D eigenvalue weighted by Gasteiger charge is -2.34. The van der Waals surface area contributed by atoms with E-state index in [2.05, 4.69) is 19.3 Å². The van der Waals surface area contributed by atoms with Crippen LogP contribution in [0.4, 0.5) is 5.82 Å². The van der Waals surface area contributed by atoms with Crippen molar-refractivity contribution in [2.24, 2.45) is 10.3 Å². The summed E-state index contributed by atoms with van der Waals surface area (Å²) in [6, 6.07) is 3.78. The van der Waals surface area contributed by atoms with Crippen LogP contribution in [-0.4, -0.2) is 62.8 Å². The van der Waals surface area contributed by atoms with E-state index in [1.165, 1.54) is 10.5 Å². The number of rotatable bonds is 6. The van der Waals surface area contributed by atoms with Crippen molar-refractivity contribution in [1.82, 2.24) is 14.3 Å². The van der Waals surface area contributed by atoms with Crippen LogP contribution >= 0.6 is 0 Å². The molecule has 0 spiro atoms. The molecule has 0 atom stereocenters. The number of nitrogens with zero attached hydrogens (tertiary/aromatic N) is 5. The molecular weight excluding hydrogens is 406 g/mol. The van der Waals surface area contributed by atoms with Gasteiger partial charge in [0.05, 0.1) is 19.7 Å². The molecule has 9 nitrogen and oxygen atoms in total. The van der Waals surface area contributed by atoms with Gasteiger partial charge >= 0.3 is 10.2 Å². The SMILES string of the molecule is COc1cc2ncnc(N3CCC(CCN4C=CC=NS4(=O)=O)CC3)c2cc1OC. The first-order valence-electron chi connectivity index (χ1n) is 9.87. The molecule has 0 bridgehead atoms. The fourth-order valence-corrected chi connectivity index (χ4v) is 4.84. The Morgan fingerprint density at radius 2 is 1.83 bits per heavy atom. The molecule has 1 aromatic carbocycles. The van der Waals surface area contributed by atoms with E-state index in [1.54, 1.807) is 32.8 Å². The largest absolute Gasteiger partial charge is 0.493 e. The zero-order valence-electron chi connectivity index (χ0n) is 17.1. The summed E-state index contributed by atoms with van der Waals surface area (Å²) in [5.74, 6) is 2.63. The first kappa shape index (κ1) is 20.4. The van der Waals surface area contributed by atoms with Crippen molar-refractivity contribution >= 4 is 33.1 Å². The van der Waals surface area contributed by atoms with Gasteiger partial charge in [-0.25, -0.2) is 9.97 Å². The van der Waals surface area contributed by atoms with Crippen LogP contribution in [0.5, 0.6) is 11.5 Å². The van der Waals surface area contributed by atoms with Gasteiger partial charge in [0, 0.05) is 43.5 Å². The molecule has 2 aliphatic heterocycles. The highest BCUT2D eigenvalue weighted by molar-refractivity contribution is 7.88. The van der Waals surface area contributed by atoms with E-state index in [-0.39, 0.29) is 0 Å². The van der Waals surface area contributed by atoms with Gasteiger partial charge in [0.1, 0.15) is 12.1 Å². The van der Waals surface area contributed by atoms with Crippen LogP contribution < -0.4 is 14.4 Å². The van der Waals surface area contributed by atoms with E-state index in [9.17, 15) is 8.42 Å². The molecule has 0 unspecified atom stereocenters. The predicted molar refractivity (Wildman–Crippen MR) is 115 cm³/mol. The fourth-order valence-electron chi connectivity index (χ4n) is 3.94. The molecule has 30 heavy (non-hydrogen) atoms. The summed E-state index contributed by atoms with van der Waals surface area (Å²) in [4.78, 5) is 11.2. The van der Waals surface area contributed by atoms with Crippen LogP contribution in [0.15, 0.2) is 35.1 Å². The zero-order valence-corrected chi connectivity index (χ0v) is 17.9. The highest BCUT2D eigenvalue weighted by atomic mass is 32.2. The first-order chi connectivity index (χ1) is 14.5. The Kier molecular flexibility index (Phi) is 5.76. The molecule has 0 radical (unpaired) electrons. The van der Waals surface area contributed by atoms with Crippen LogP contribution in [-0.2, 0) is 10.2 Å². The van der Waals surface area contributed by atoms with Crippen molar-refractivity contribution < 1.29 is 17.9 Å². The Balaban J connectivity index is 1.43.